The molecule has 2 aromatic rings. The molecule has 0 aliphatic carbocycles. The van der Waals surface area contributed by atoms with E-state index in [1.54, 1.807) is 4.68 Å². The molecule has 84 valence electrons. The van der Waals surface area contributed by atoms with Crippen LogP contribution in [0.25, 0.3) is 0 Å². The maximum absolute atomic E-state index is 9.01. The summed E-state index contributed by atoms with van der Waals surface area (Å²) in [4.78, 5) is 0. The summed E-state index contributed by atoms with van der Waals surface area (Å²) in [6.07, 6.45) is 0. The molecule has 5 heteroatoms. The number of aliphatic hydroxyl groups is 1. The number of rotatable bonds is 3. The van der Waals surface area contributed by atoms with Crippen molar-refractivity contribution in [3.63, 3.8) is 0 Å². The predicted molar refractivity (Wildman–Crippen MR) is 61.2 cm³/mol. The Kier molecular flexibility index (Phi) is 3.22. The molecule has 1 N–H and O–H groups in total. The summed E-state index contributed by atoms with van der Waals surface area (Å²) in [5, 5.41) is 17.6. The molecule has 2 rings (SSSR count). The zero-order valence-corrected chi connectivity index (χ0v) is 9.65. The molecule has 0 unspecified atom stereocenters. The predicted octanol–water partition coefficient (Wildman–Crippen LogP) is 1.78. The zero-order valence-electron chi connectivity index (χ0n) is 8.89. The van der Waals surface area contributed by atoms with E-state index in [9.17, 15) is 0 Å². The van der Waals surface area contributed by atoms with Crippen molar-refractivity contribution in [2.45, 2.75) is 20.1 Å². The van der Waals surface area contributed by atoms with E-state index in [-0.39, 0.29) is 6.61 Å². The van der Waals surface area contributed by atoms with Gasteiger partial charge in [0.25, 0.3) is 0 Å². The Hall–Kier alpha value is -1.39. The number of benzene rings is 1. The van der Waals surface area contributed by atoms with E-state index < -0.39 is 0 Å². The number of aliphatic hydroxyl groups excluding tert-OH is 1. The number of nitrogens with zero attached hydrogens (tertiary/aromatic N) is 3. The van der Waals surface area contributed by atoms with E-state index >= 15 is 0 Å². The molecule has 1 aromatic heterocycles. The van der Waals surface area contributed by atoms with E-state index in [1.807, 2.05) is 31.2 Å². The summed E-state index contributed by atoms with van der Waals surface area (Å²) in [5.41, 5.74) is 2.45. The van der Waals surface area contributed by atoms with Crippen LogP contribution in [0.5, 0.6) is 0 Å². The lowest BCUT2D eigenvalue weighted by atomic mass is 10.2. The molecule has 0 bridgehead atoms. The van der Waals surface area contributed by atoms with Crippen LogP contribution < -0.4 is 0 Å². The molecular formula is C11H12ClN3O. The first-order valence-electron chi connectivity index (χ1n) is 4.95. The van der Waals surface area contributed by atoms with Crippen molar-refractivity contribution in [1.29, 1.82) is 0 Å². The van der Waals surface area contributed by atoms with Crippen molar-refractivity contribution >= 4 is 11.6 Å². The van der Waals surface area contributed by atoms with Crippen molar-refractivity contribution in [2.24, 2.45) is 0 Å². The van der Waals surface area contributed by atoms with Gasteiger partial charge in [0.15, 0.2) is 0 Å². The molecule has 0 aliphatic heterocycles. The SMILES string of the molecule is Cc1c(CO)nnn1Cc1ccccc1Cl. The second-order valence-corrected chi connectivity index (χ2v) is 3.94. The molecule has 0 atom stereocenters. The molecule has 4 nitrogen and oxygen atoms in total. The van der Waals surface area contributed by atoms with Gasteiger partial charge in [-0.05, 0) is 18.6 Å². The minimum Gasteiger partial charge on any atom is -0.390 e. The van der Waals surface area contributed by atoms with Gasteiger partial charge in [-0.1, -0.05) is 35.0 Å². The summed E-state index contributed by atoms with van der Waals surface area (Å²) < 4.78 is 1.73. The lowest BCUT2D eigenvalue weighted by molar-refractivity contribution is 0.276. The zero-order chi connectivity index (χ0) is 11.5. The van der Waals surface area contributed by atoms with E-state index in [0.717, 1.165) is 11.3 Å². The highest BCUT2D eigenvalue weighted by atomic mass is 35.5. The maximum Gasteiger partial charge on any atom is 0.111 e. The molecule has 0 saturated carbocycles. The first kappa shape index (κ1) is 11.1. The number of aromatic nitrogens is 3. The monoisotopic (exact) mass is 237 g/mol. The Bertz CT molecular complexity index is 496. The molecule has 0 aliphatic rings. The Labute approximate surface area is 98.5 Å². The second-order valence-electron chi connectivity index (χ2n) is 3.53. The van der Waals surface area contributed by atoms with Crippen LogP contribution in [0.4, 0.5) is 0 Å². The van der Waals surface area contributed by atoms with Gasteiger partial charge in [-0.25, -0.2) is 4.68 Å². The van der Waals surface area contributed by atoms with Crippen molar-refractivity contribution in [1.82, 2.24) is 15.0 Å². The minimum absolute atomic E-state index is 0.0889. The van der Waals surface area contributed by atoms with Crippen LogP contribution in [-0.4, -0.2) is 20.1 Å². The number of hydrogen-bond acceptors (Lipinski definition) is 3. The van der Waals surface area contributed by atoms with Crippen LogP contribution >= 0.6 is 11.6 Å². The quantitative estimate of drug-likeness (QED) is 0.886. The highest BCUT2D eigenvalue weighted by Crippen LogP contribution is 2.16. The highest BCUT2D eigenvalue weighted by Gasteiger charge is 2.08. The Morgan fingerprint density at radius 1 is 1.38 bits per heavy atom. The average Bonchev–Trinajstić information content (AvgIpc) is 2.63. The standard InChI is InChI=1S/C11H12ClN3O/c1-8-11(7-16)13-14-15(8)6-9-4-2-3-5-10(9)12/h2-5,16H,6-7H2,1H3. The topological polar surface area (TPSA) is 50.9 Å². The number of hydrogen-bond donors (Lipinski definition) is 1. The molecule has 16 heavy (non-hydrogen) atoms. The van der Waals surface area contributed by atoms with Crippen molar-refractivity contribution in [3.05, 3.63) is 46.2 Å². The van der Waals surface area contributed by atoms with Gasteiger partial charge >= 0.3 is 0 Å². The molecule has 0 amide bonds. The molecule has 0 radical (unpaired) electrons. The first-order valence-corrected chi connectivity index (χ1v) is 5.33. The van der Waals surface area contributed by atoms with E-state index in [1.165, 1.54) is 0 Å². The molecule has 0 saturated heterocycles. The summed E-state index contributed by atoms with van der Waals surface area (Å²) >= 11 is 6.06. The van der Waals surface area contributed by atoms with Crippen LogP contribution in [0, 0.1) is 6.92 Å². The van der Waals surface area contributed by atoms with Gasteiger partial charge in [0.2, 0.25) is 0 Å². The van der Waals surface area contributed by atoms with Gasteiger partial charge in [-0.15, -0.1) is 5.10 Å². The van der Waals surface area contributed by atoms with Gasteiger partial charge in [0, 0.05) is 5.02 Å². The summed E-state index contributed by atoms with van der Waals surface area (Å²) in [5.74, 6) is 0. The van der Waals surface area contributed by atoms with Crippen LogP contribution in [0.3, 0.4) is 0 Å². The third-order valence-electron chi connectivity index (χ3n) is 2.51. The van der Waals surface area contributed by atoms with Crippen molar-refractivity contribution in [2.75, 3.05) is 0 Å². The van der Waals surface area contributed by atoms with Crippen LogP contribution in [-0.2, 0) is 13.2 Å². The maximum atomic E-state index is 9.01. The molecule has 0 fully saturated rings. The molecular weight excluding hydrogens is 226 g/mol. The summed E-state index contributed by atoms with van der Waals surface area (Å²) in [6.45, 7) is 2.36. The lowest BCUT2D eigenvalue weighted by Gasteiger charge is -2.05. The van der Waals surface area contributed by atoms with Gasteiger partial charge in [-0.3, -0.25) is 0 Å². The molecule has 0 spiro atoms. The van der Waals surface area contributed by atoms with E-state index in [2.05, 4.69) is 10.3 Å². The van der Waals surface area contributed by atoms with E-state index in [0.29, 0.717) is 17.3 Å². The van der Waals surface area contributed by atoms with Crippen LogP contribution in [0.2, 0.25) is 5.02 Å². The van der Waals surface area contributed by atoms with Gasteiger partial charge < -0.3 is 5.11 Å². The number of halogens is 1. The third-order valence-corrected chi connectivity index (χ3v) is 2.87. The van der Waals surface area contributed by atoms with Crippen molar-refractivity contribution < 1.29 is 5.11 Å². The fourth-order valence-corrected chi connectivity index (χ4v) is 1.68. The smallest absolute Gasteiger partial charge is 0.111 e. The second kappa shape index (κ2) is 4.63. The normalized spacial score (nSPS) is 10.7. The van der Waals surface area contributed by atoms with Crippen molar-refractivity contribution in [3.8, 4) is 0 Å². The Balaban J connectivity index is 2.27. The Morgan fingerprint density at radius 2 is 2.12 bits per heavy atom. The average molecular weight is 238 g/mol. The summed E-state index contributed by atoms with van der Waals surface area (Å²) in [7, 11) is 0. The lowest BCUT2D eigenvalue weighted by Crippen LogP contribution is -2.04. The highest BCUT2D eigenvalue weighted by molar-refractivity contribution is 6.31. The van der Waals surface area contributed by atoms with Gasteiger partial charge in [0.1, 0.15) is 5.69 Å². The largest absolute Gasteiger partial charge is 0.390 e. The third kappa shape index (κ3) is 2.08. The first-order chi connectivity index (χ1) is 7.72. The fourth-order valence-electron chi connectivity index (χ4n) is 1.48. The van der Waals surface area contributed by atoms with Gasteiger partial charge in [-0.2, -0.15) is 0 Å². The minimum atomic E-state index is -0.0889. The van der Waals surface area contributed by atoms with Gasteiger partial charge in [0.05, 0.1) is 18.8 Å². The van der Waals surface area contributed by atoms with Crippen LogP contribution in [0.1, 0.15) is 17.0 Å². The summed E-state index contributed by atoms with van der Waals surface area (Å²) in [6, 6.07) is 7.61. The van der Waals surface area contributed by atoms with E-state index in [4.69, 9.17) is 16.7 Å². The molecule has 1 aromatic carbocycles. The molecule has 1 heterocycles. The van der Waals surface area contributed by atoms with Crippen LogP contribution in [0.15, 0.2) is 24.3 Å². The Morgan fingerprint density at radius 3 is 2.75 bits per heavy atom. The fraction of sp³-hybridized carbons (Fsp3) is 0.273.